The Morgan fingerprint density at radius 1 is 1.08 bits per heavy atom. The number of pyridine rings is 1. The van der Waals surface area contributed by atoms with Crippen LogP contribution in [0.1, 0.15) is 45.4 Å². The maximum absolute atomic E-state index is 13.6. The summed E-state index contributed by atoms with van der Waals surface area (Å²) in [5.74, 6) is 0.944. The van der Waals surface area contributed by atoms with Gasteiger partial charge in [0.15, 0.2) is 5.65 Å². The molecule has 10 heteroatoms. The van der Waals surface area contributed by atoms with Gasteiger partial charge in [-0.2, -0.15) is 4.98 Å². The first-order chi connectivity index (χ1) is 17.8. The summed E-state index contributed by atoms with van der Waals surface area (Å²) in [6, 6.07) is 10.1. The Kier molecular flexibility index (Phi) is 5.47. The van der Waals surface area contributed by atoms with E-state index in [1.54, 1.807) is 23.3 Å². The Hall–Kier alpha value is -4.21. The average molecular weight is 503 g/mol. The minimum atomic E-state index is -0.549. The van der Waals surface area contributed by atoms with Crippen molar-refractivity contribution in [3.05, 3.63) is 66.7 Å². The molecule has 1 aromatic carbocycles. The van der Waals surface area contributed by atoms with Gasteiger partial charge >= 0.3 is 11.9 Å². The van der Waals surface area contributed by atoms with Crippen LogP contribution in [-0.2, 0) is 4.74 Å². The number of fused-ring (bicyclic) bond motifs is 2. The molecule has 1 fully saturated rings. The molecule has 1 atom stereocenters. The van der Waals surface area contributed by atoms with Crippen molar-refractivity contribution in [3.63, 3.8) is 0 Å². The highest BCUT2D eigenvalue weighted by atomic mass is 19.1. The Morgan fingerprint density at radius 3 is 2.65 bits per heavy atom. The van der Waals surface area contributed by atoms with E-state index in [9.17, 15) is 9.18 Å². The standard InChI is InChI=1S/C27H27FN6O3/c1-27(2,3)37-26(35)32-12-4-5-19(15-32)24-31-30-21-11-8-18(16-34(21)24)23-22(17-6-9-20(28)10-7-17)29-25-33(23)13-14-36-25/h6-11,13-14,16,19H,4-5,12,15H2,1-3H3. The van der Waals surface area contributed by atoms with Gasteiger partial charge in [0.2, 0.25) is 0 Å². The fraction of sp³-hybridized carbons (Fsp3) is 0.333. The quantitative estimate of drug-likeness (QED) is 0.321. The molecule has 1 amide bonds. The fourth-order valence-corrected chi connectivity index (χ4v) is 4.88. The van der Waals surface area contributed by atoms with Crippen LogP contribution in [0.4, 0.5) is 9.18 Å². The number of ether oxygens (including phenoxy) is 1. The molecule has 0 spiro atoms. The Balaban J connectivity index is 1.39. The normalized spacial score (nSPS) is 16.5. The average Bonchev–Trinajstić information content (AvgIpc) is 3.57. The number of carbonyl (C=O) groups excluding carboxylic acids is 1. The minimum absolute atomic E-state index is 0.0162. The molecule has 5 aromatic rings. The van der Waals surface area contributed by atoms with Crippen molar-refractivity contribution >= 4 is 17.6 Å². The van der Waals surface area contributed by atoms with Crippen molar-refractivity contribution in [2.75, 3.05) is 13.1 Å². The Bertz CT molecular complexity index is 1590. The number of nitrogens with zero attached hydrogens (tertiary/aromatic N) is 6. The lowest BCUT2D eigenvalue weighted by atomic mass is 9.97. The molecule has 6 rings (SSSR count). The van der Waals surface area contributed by atoms with Crippen LogP contribution < -0.4 is 0 Å². The van der Waals surface area contributed by atoms with E-state index in [2.05, 4.69) is 15.2 Å². The van der Waals surface area contributed by atoms with Gasteiger partial charge < -0.3 is 14.1 Å². The zero-order chi connectivity index (χ0) is 25.7. The summed E-state index contributed by atoms with van der Waals surface area (Å²) >= 11 is 0. The number of aromatic nitrogens is 5. The molecule has 0 aliphatic carbocycles. The number of rotatable bonds is 3. The van der Waals surface area contributed by atoms with Crippen molar-refractivity contribution < 1.29 is 18.3 Å². The molecule has 0 saturated carbocycles. The van der Waals surface area contributed by atoms with E-state index in [1.165, 1.54) is 12.1 Å². The van der Waals surface area contributed by atoms with Gasteiger partial charge in [-0.1, -0.05) is 0 Å². The number of benzene rings is 1. The summed E-state index contributed by atoms with van der Waals surface area (Å²) < 4.78 is 28.6. The molecule has 1 unspecified atom stereocenters. The molecule has 1 saturated heterocycles. The monoisotopic (exact) mass is 502 g/mol. The number of oxazole rings is 1. The third-order valence-electron chi connectivity index (χ3n) is 6.52. The van der Waals surface area contributed by atoms with Crippen molar-refractivity contribution in [2.24, 2.45) is 0 Å². The van der Waals surface area contributed by atoms with Gasteiger partial charge in [-0.3, -0.25) is 8.80 Å². The molecule has 190 valence electrons. The van der Waals surface area contributed by atoms with Gasteiger partial charge in [0.25, 0.3) is 0 Å². The van der Waals surface area contributed by atoms with E-state index in [1.807, 2.05) is 54.1 Å². The van der Waals surface area contributed by atoms with Crippen molar-refractivity contribution in [2.45, 2.75) is 45.1 Å². The number of hydrogen-bond acceptors (Lipinski definition) is 6. The van der Waals surface area contributed by atoms with Crippen LogP contribution in [0.3, 0.4) is 0 Å². The number of halogens is 1. The molecule has 4 aromatic heterocycles. The largest absolute Gasteiger partial charge is 0.444 e. The molecule has 0 N–H and O–H groups in total. The number of hydrogen-bond donors (Lipinski definition) is 0. The highest BCUT2D eigenvalue weighted by molar-refractivity contribution is 5.81. The maximum atomic E-state index is 13.6. The summed E-state index contributed by atoms with van der Waals surface area (Å²) in [5, 5.41) is 8.89. The maximum Gasteiger partial charge on any atom is 0.410 e. The number of amides is 1. The SMILES string of the molecule is CC(C)(C)OC(=O)N1CCCC(c2nnc3ccc(-c4c(-c5ccc(F)cc5)nc5occn45)cn23)C1. The minimum Gasteiger partial charge on any atom is -0.444 e. The lowest BCUT2D eigenvalue weighted by molar-refractivity contribution is 0.0195. The van der Waals surface area contributed by atoms with Crippen LogP contribution in [0.15, 0.2) is 59.5 Å². The topological polar surface area (TPSA) is 90.2 Å². The van der Waals surface area contributed by atoms with Crippen LogP contribution in [0, 0.1) is 5.82 Å². The molecule has 1 aliphatic rings. The summed E-state index contributed by atoms with van der Waals surface area (Å²) in [4.78, 5) is 19.1. The first-order valence-electron chi connectivity index (χ1n) is 12.3. The number of carbonyl (C=O) groups is 1. The lowest BCUT2D eigenvalue weighted by Gasteiger charge is -2.33. The summed E-state index contributed by atoms with van der Waals surface area (Å²) in [5.41, 5.74) is 3.32. The third-order valence-corrected chi connectivity index (χ3v) is 6.52. The first-order valence-corrected chi connectivity index (χ1v) is 12.3. The number of piperidine rings is 1. The number of imidazole rings is 1. The molecule has 9 nitrogen and oxygen atoms in total. The van der Waals surface area contributed by atoms with Gasteiger partial charge in [0.05, 0.1) is 5.69 Å². The second-order valence-electron chi connectivity index (χ2n) is 10.3. The van der Waals surface area contributed by atoms with Crippen LogP contribution in [0.2, 0.25) is 0 Å². The van der Waals surface area contributed by atoms with E-state index in [4.69, 9.17) is 9.15 Å². The fourth-order valence-electron chi connectivity index (χ4n) is 4.88. The molecular formula is C27H27FN6O3. The molecule has 5 heterocycles. The number of likely N-dealkylation sites (tertiary alicyclic amines) is 1. The van der Waals surface area contributed by atoms with E-state index in [0.717, 1.165) is 35.5 Å². The zero-order valence-electron chi connectivity index (χ0n) is 20.9. The predicted molar refractivity (Wildman–Crippen MR) is 135 cm³/mol. The third kappa shape index (κ3) is 4.32. The van der Waals surface area contributed by atoms with Gasteiger partial charge in [-0.05, 0) is 70.0 Å². The van der Waals surface area contributed by atoms with Gasteiger partial charge in [-0.25, -0.2) is 9.18 Å². The van der Waals surface area contributed by atoms with Crippen LogP contribution in [0.5, 0.6) is 0 Å². The Labute approximate surface area is 212 Å². The molecule has 1 aliphatic heterocycles. The van der Waals surface area contributed by atoms with E-state index in [0.29, 0.717) is 30.3 Å². The van der Waals surface area contributed by atoms with E-state index in [-0.39, 0.29) is 17.8 Å². The van der Waals surface area contributed by atoms with Crippen molar-refractivity contribution in [1.82, 2.24) is 28.9 Å². The van der Waals surface area contributed by atoms with E-state index < -0.39 is 5.60 Å². The highest BCUT2D eigenvalue weighted by Gasteiger charge is 2.31. The van der Waals surface area contributed by atoms with Crippen molar-refractivity contribution in [3.8, 4) is 22.5 Å². The van der Waals surface area contributed by atoms with Gasteiger partial charge in [0, 0.05) is 42.5 Å². The Morgan fingerprint density at radius 2 is 1.86 bits per heavy atom. The summed E-state index contributed by atoms with van der Waals surface area (Å²) in [6.07, 6.45) is 6.81. The van der Waals surface area contributed by atoms with Crippen LogP contribution >= 0.6 is 0 Å². The second kappa shape index (κ2) is 8.72. The second-order valence-corrected chi connectivity index (χ2v) is 10.3. The van der Waals surface area contributed by atoms with Gasteiger partial charge in [0.1, 0.15) is 29.2 Å². The summed E-state index contributed by atoms with van der Waals surface area (Å²) in [6.45, 7) is 6.77. The van der Waals surface area contributed by atoms with Crippen LogP contribution in [-0.4, -0.2) is 53.7 Å². The first kappa shape index (κ1) is 23.2. The van der Waals surface area contributed by atoms with Crippen LogP contribution in [0.25, 0.3) is 34.0 Å². The predicted octanol–water partition coefficient (Wildman–Crippen LogP) is 5.56. The summed E-state index contributed by atoms with van der Waals surface area (Å²) in [7, 11) is 0. The van der Waals surface area contributed by atoms with E-state index >= 15 is 0 Å². The molecule has 0 bridgehead atoms. The smallest absolute Gasteiger partial charge is 0.410 e. The zero-order valence-corrected chi connectivity index (χ0v) is 20.9. The molecule has 37 heavy (non-hydrogen) atoms. The van der Waals surface area contributed by atoms with Gasteiger partial charge in [-0.15, -0.1) is 10.2 Å². The van der Waals surface area contributed by atoms with Crippen molar-refractivity contribution in [1.29, 1.82) is 0 Å². The molecular weight excluding hydrogens is 475 g/mol. The highest BCUT2D eigenvalue weighted by Crippen LogP contribution is 2.34. The molecule has 0 radical (unpaired) electrons. The lowest BCUT2D eigenvalue weighted by Crippen LogP contribution is -2.42.